The molecular weight excluding hydrogens is 262 g/mol. The Balaban J connectivity index is 2.55. The first-order valence-electron chi connectivity index (χ1n) is 4.94. The highest BCUT2D eigenvalue weighted by atomic mass is 79.9. The summed E-state index contributed by atoms with van der Waals surface area (Å²) in [7, 11) is 0. The van der Waals surface area contributed by atoms with Gasteiger partial charge >= 0.3 is 0 Å². The fourth-order valence-electron chi connectivity index (χ4n) is 1.57. The predicted molar refractivity (Wildman–Crippen MR) is 69.9 cm³/mol. The molecule has 1 heterocycles. The molecule has 0 N–H and O–H groups in total. The number of pyridine rings is 1. The molecule has 1 nitrogen and oxygen atoms in total. The Bertz CT molecular complexity index is 526. The summed E-state index contributed by atoms with van der Waals surface area (Å²) in [4.78, 5) is 4.34. The molecule has 0 saturated heterocycles. The smallest absolute Gasteiger partial charge is 0.0705 e. The monoisotopic (exact) mass is 271 g/mol. The van der Waals surface area contributed by atoms with Crippen molar-refractivity contribution < 1.29 is 0 Å². The number of aromatic nitrogens is 1. The Morgan fingerprint density at radius 2 is 2.12 bits per heavy atom. The topological polar surface area (TPSA) is 12.9 Å². The van der Waals surface area contributed by atoms with E-state index in [0.29, 0.717) is 6.42 Å². The quantitative estimate of drug-likeness (QED) is 0.760. The van der Waals surface area contributed by atoms with Crippen molar-refractivity contribution in [3.63, 3.8) is 0 Å². The first-order chi connectivity index (χ1) is 7.81. The van der Waals surface area contributed by atoms with Gasteiger partial charge in [0.15, 0.2) is 0 Å². The van der Waals surface area contributed by atoms with Gasteiger partial charge in [0.1, 0.15) is 0 Å². The number of benzene rings is 1. The zero-order valence-electron chi connectivity index (χ0n) is 8.65. The summed E-state index contributed by atoms with van der Waals surface area (Å²) >= 11 is 3.47. The molecule has 0 fully saturated rings. The van der Waals surface area contributed by atoms with E-state index in [-0.39, 0.29) is 0 Å². The van der Waals surface area contributed by atoms with Crippen LogP contribution in [0.15, 0.2) is 47.1 Å². The summed E-state index contributed by atoms with van der Waals surface area (Å²) in [5.41, 5.74) is 3.17. The highest BCUT2D eigenvalue weighted by Gasteiger charge is 2.05. The molecule has 0 bridgehead atoms. The number of nitrogens with zero attached hydrogens (tertiary/aromatic N) is 1. The Morgan fingerprint density at radius 1 is 1.25 bits per heavy atom. The lowest BCUT2D eigenvalue weighted by atomic mass is 10.0. The van der Waals surface area contributed by atoms with Crippen molar-refractivity contribution in [2.24, 2.45) is 0 Å². The zero-order chi connectivity index (χ0) is 11.4. The highest BCUT2D eigenvalue weighted by Crippen LogP contribution is 2.25. The third-order valence-corrected chi connectivity index (χ3v) is 2.80. The van der Waals surface area contributed by atoms with Crippen LogP contribution in [0.2, 0.25) is 0 Å². The largest absolute Gasteiger partial charge is 0.256 e. The number of hydrogen-bond acceptors (Lipinski definition) is 1. The fourth-order valence-corrected chi connectivity index (χ4v) is 1.93. The Morgan fingerprint density at radius 3 is 2.81 bits per heavy atom. The molecule has 78 valence electrons. The van der Waals surface area contributed by atoms with Crippen molar-refractivity contribution >= 4 is 15.9 Å². The molecule has 0 aliphatic rings. The van der Waals surface area contributed by atoms with Gasteiger partial charge in [-0.2, -0.15) is 0 Å². The normalized spacial score (nSPS) is 9.75. The summed E-state index contributed by atoms with van der Waals surface area (Å²) in [5, 5.41) is 0. The molecule has 2 heteroatoms. The summed E-state index contributed by atoms with van der Waals surface area (Å²) in [6, 6.07) is 12.0. The second-order valence-corrected chi connectivity index (χ2v) is 4.31. The van der Waals surface area contributed by atoms with Crippen LogP contribution in [-0.4, -0.2) is 4.98 Å². The molecule has 0 aliphatic carbocycles. The molecule has 1 aromatic carbocycles. The van der Waals surface area contributed by atoms with E-state index in [1.54, 1.807) is 6.20 Å². The minimum absolute atomic E-state index is 0.624. The average molecular weight is 272 g/mol. The van der Waals surface area contributed by atoms with Crippen LogP contribution in [0.25, 0.3) is 11.3 Å². The van der Waals surface area contributed by atoms with Gasteiger partial charge in [-0.3, -0.25) is 4.98 Å². The summed E-state index contributed by atoms with van der Waals surface area (Å²) in [6.07, 6.45) is 7.78. The molecular formula is C14H10BrN. The van der Waals surface area contributed by atoms with Crippen LogP contribution in [0.5, 0.6) is 0 Å². The van der Waals surface area contributed by atoms with Crippen molar-refractivity contribution in [3.8, 4) is 23.6 Å². The zero-order valence-corrected chi connectivity index (χ0v) is 10.2. The minimum atomic E-state index is 0.624. The second-order valence-electron chi connectivity index (χ2n) is 3.40. The van der Waals surface area contributed by atoms with Gasteiger partial charge in [-0.15, -0.1) is 12.3 Å². The molecule has 0 saturated carbocycles. The van der Waals surface area contributed by atoms with E-state index >= 15 is 0 Å². The fraction of sp³-hybridized carbons (Fsp3) is 0.0714. The average Bonchev–Trinajstić information content (AvgIpc) is 2.33. The Labute approximate surface area is 104 Å². The lowest BCUT2D eigenvalue weighted by Gasteiger charge is -2.07. The molecule has 0 spiro atoms. The van der Waals surface area contributed by atoms with Gasteiger partial charge in [-0.1, -0.05) is 28.1 Å². The SMILES string of the molecule is C#CCc1ccc(Br)cc1-c1ccccn1. The maximum absolute atomic E-state index is 5.36. The molecule has 0 amide bonds. The number of hydrogen-bond donors (Lipinski definition) is 0. The predicted octanol–water partition coefficient (Wildman–Crippen LogP) is 3.69. The number of rotatable bonds is 2. The van der Waals surface area contributed by atoms with Crippen molar-refractivity contribution in [2.45, 2.75) is 6.42 Å². The lowest BCUT2D eigenvalue weighted by Crippen LogP contribution is -1.90. The minimum Gasteiger partial charge on any atom is -0.256 e. The lowest BCUT2D eigenvalue weighted by molar-refractivity contribution is 1.26. The van der Waals surface area contributed by atoms with Crippen LogP contribution in [0.1, 0.15) is 5.56 Å². The first kappa shape index (κ1) is 10.9. The van der Waals surface area contributed by atoms with E-state index in [1.165, 1.54) is 0 Å². The van der Waals surface area contributed by atoms with E-state index in [0.717, 1.165) is 21.3 Å². The van der Waals surface area contributed by atoms with Gasteiger partial charge < -0.3 is 0 Å². The maximum Gasteiger partial charge on any atom is 0.0705 e. The van der Waals surface area contributed by atoms with Crippen LogP contribution in [-0.2, 0) is 6.42 Å². The molecule has 0 atom stereocenters. The van der Waals surface area contributed by atoms with E-state index in [9.17, 15) is 0 Å². The summed E-state index contributed by atoms with van der Waals surface area (Å²) in [6.45, 7) is 0. The van der Waals surface area contributed by atoms with Gasteiger partial charge in [0.25, 0.3) is 0 Å². The summed E-state index contributed by atoms with van der Waals surface area (Å²) < 4.78 is 1.04. The highest BCUT2D eigenvalue weighted by molar-refractivity contribution is 9.10. The van der Waals surface area contributed by atoms with E-state index < -0.39 is 0 Å². The van der Waals surface area contributed by atoms with E-state index in [1.807, 2.05) is 30.3 Å². The third kappa shape index (κ3) is 2.32. The molecule has 0 radical (unpaired) electrons. The van der Waals surface area contributed by atoms with Crippen molar-refractivity contribution in [1.29, 1.82) is 0 Å². The molecule has 16 heavy (non-hydrogen) atoms. The molecule has 1 aromatic heterocycles. The van der Waals surface area contributed by atoms with Crippen LogP contribution in [0, 0.1) is 12.3 Å². The van der Waals surface area contributed by atoms with Gasteiger partial charge in [0.2, 0.25) is 0 Å². The Kier molecular flexibility index (Phi) is 3.38. The van der Waals surface area contributed by atoms with E-state index in [4.69, 9.17) is 6.42 Å². The van der Waals surface area contributed by atoms with Crippen molar-refractivity contribution in [2.75, 3.05) is 0 Å². The molecule has 0 aliphatic heterocycles. The van der Waals surface area contributed by atoms with Gasteiger partial charge in [0.05, 0.1) is 5.69 Å². The second kappa shape index (κ2) is 4.96. The maximum atomic E-state index is 5.36. The Hall–Kier alpha value is -1.59. The van der Waals surface area contributed by atoms with Crippen molar-refractivity contribution in [3.05, 3.63) is 52.6 Å². The molecule has 2 aromatic rings. The number of halogens is 1. The third-order valence-electron chi connectivity index (χ3n) is 2.31. The molecule has 2 rings (SSSR count). The van der Waals surface area contributed by atoms with Crippen molar-refractivity contribution in [1.82, 2.24) is 4.98 Å². The van der Waals surface area contributed by atoms with Crippen LogP contribution < -0.4 is 0 Å². The van der Waals surface area contributed by atoms with Gasteiger partial charge in [-0.05, 0) is 29.8 Å². The summed E-state index contributed by atoms with van der Waals surface area (Å²) in [5.74, 6) is 2.67. The number of terminal acetylenes is 1. The van der Waals surface area contributed by atoms with Crippen LogP contribution in [0.4, 0.5) is 0 Å². The standard InChI is InChI=1S/C14H10BrN/c1-2-5-11-7-8-12(15)10-13(11)14-6-3-4-9-16-14/h1,3-4,6-10H,5H2. The van der Waals surface area contributed by atoms with E-state index in [2.05, 4.69) is 32.9 Å². The molecule has 0 unspecified atom stereocenters. The first-order valence-corrected chi connectivity index (χ1v) is 5.74. The van der Waals surface area contributed by atoms with Crippen LogP contribution >= 0.6 is 15.9 Å². The van der Waals surface area contributed by atoms with Crippen LogP contribution in [0.3, 0.4) is 0 Å². The van der Waals surface area contributed by atoms with Gasteiger partial charge in [0, 0.05) is 22.7 Å². The van der Waals surface area contributed by atoms with Gasteiger partial charge in [-0.25, -0.2) is 0 Å².